The molecule has 5 rings (SSSR count). The van der Waals surface area contributed by atoms with Crippen LogP contribution in [0.5, 0.6) is 0 Å². The summed E-state index contributed by atoms with van der Waals surface area (Å²) in [5, 5.41) is 0.718. The second-order valence-electron chi connectivity index (χ2n) is 10.4. The van der Waals surface area contributed by atoms with Gasteiger partial charge in [0.2, 0.25) is 5.91 Å². The standard InChI is InChI=1S/C28H35ClFN3O2/c1-19-15-32(16-20(2)33(19)25-9-7-23(30)8-10-25)28(34)27-18-31(24-11-13-35-14-12-24)17-26(27)21-3-5-22(29)6-4-21/h3-10,19-20,24,26-27H,11-18H2,1-2H3/t19-,20+,26?,27?. The third-order valence-corrected chi connectivity index (χ3v) is 8.28. The Balaban J connectivity index is 1.34. The van der Waals surface area contributed by atoms with Gasteiger partial charge in [0.25, 0.3) is 0 Å². The summed E-state index contributed by atoms with van der Waals surface area (Å²) < 4.78 is 19.1. The van der Waals surface area contributed by atoms with E-state index < -0.39 is 0 Å². The molecule has 3 aliphatic rings. The molecule has 2 aromatic carbocycles. The molecule has 0 spiro atoms. The van der Waals surface area contributed by atoms with Crippen molar-refractivity contribution >= 4 is 23.2 Å². The molecule has 2 unspecified atom stereocenters. The van der Waals surface area contributed by atoms with Gasteiger partial charge in [-0.3, -0.25) is 9.69 Å². The zero-order valence-corrected chi connectivity index (χ0v) is 21.3. The van der Waals surface area contributed by atoms with Gasteiger partial charge in [0, 0.05) is 74.1 Å². The number of amides is 1. The van der Waals surface area contributed by atoms with E-state index in [4.69, 9.17) is 16.3 Å². The molecule has 5 nitrogen and oxygen atoms in total. The highest BCUT2D eigenvalue weighted by atomic mass is 35.5. The minimum atomic E-state index is -0.230. The number of hydrogen-bond donors (Lipinski definition) is 0. The van der Waals surface area contributed by atoms with E-state index in [9.17, 15) is 9.18 Å². The molecule has 2 aromatic rings. The number of piperazine rings is 1. The number of likely N-dealkylation sites (tertiary alicyclic amines) is 1. The number of rotatable bonds is 4. The first-order chi connectivity index (χ1) is 16.9. The largest absolute Gasteiger partial charge is 0.381 e. The lowest BCUT2D eigenvalue weighted by Gasteiger charge is -2.46. The van der Waals surface area contributed by atoms with Crippen molar-refractivity contribution in [2.45, 2.75) is 50.7 Å². The van der Waals surface area contributed by atoms with Crippen molar-refractivity contribution in [1.82, 2.24) is 9.80 Å². The third-order valence-electron chi connectivity index (χ3n) is 8.03. The SMILES string of the molecule is C[C@@H]1CN(C(=O)C2CN(C3CCOCC3)CC2c2ccc(Cl)cc2)C[C@H](C)N1c1ccc(F)cc1. The maximum absolute atomic E-state index is 14.0. The molecular weight excluding hydrogens is 465 g/mol. The molecule has 0 bridgehead atoms. The van der Waals surface area contributed by atoms with E-state index in [1.165, 1.54) is 17.7 Å². The van der Waals surface area contributed by atoms with Gasteiger partial charge in [-0.1, -0.05) is 23.7 Å². The molecule has 35 heavy (non-hydrogen) atoms. The topological polar surface area (TPSA) is 36.0 Å². The van der Waals surface area contributed by atoms with Gasteiger partial charge in [0.1, 0.15) is 5.82 Å². The molecule has 0 saturated carbocycles. The summed E-state index contributed by atoms with van der Waals surface area (Å²) in [6, 6.07) is 15.5. The van der Waals surface area contributed by atoms with Crippen molar-refractivity contribution in [3.63, 3.8) is 0 Å². The van der Waals surface area contributed by atoms with Gasteiger partial charge in [0.15, 0.2) is 0 Å². The molecule has 4 atom stereocenters. The minimum absolute atomic E-state index is 0.0733. The Hall–Kier alpha value is -2.15. The summed E-state index contributed by atoms with van der Waals surface area (Å²) in [5.74, 6) is 0.0996. The van der Waals surface area contributed by atoms with Crippen LogP contribution in [0.2, 0.25) is 5.02 Å². The normalized spacial score (nSPS) is 28.5. The van der Waals surface area contributed by atoms with Crippen molar-refractivity contribution in [3.05, 3.63) is 64.9 Å². The van der Waals surface area contributed by atoms with Crippen molar-refractivity contribution in [2.24, 2.45) is 5.92 Å². The quantitative estimate of drug-likeness (QED) is 0.605. The maximum atomic E-state index is 14.0. The van der Waals surface area contributed by atoms with Gasteiger partial charge in [0.05, 0.1) is 5.92 Å². The summed E-state index contributed by atoms with van der Waals surface area (Å²) >= 11 is 6.17. The second kappa shape index (κ2) is 10.5. The van der Waals surface area contributed by atoms with Crippen molar-refractivity contribution in [1.29, 1.82) is 0 Å². The van der Waals surface area contributed by atoms with E-state index in [-0.39, 0.29) is 35.6 Å². The fourth-order valence-electron chi connectivity index (χ4n) is 6.34. The zero-order valence-electron chi connectivity index (χ0n) is 20.6. The first-order valence-corrected chi connectivity index (χ1v) is 13.2. The average Bonchev–Trinajstić information content (AvgIpc) is 3.31. The van der Waals surface area contributed by atoms with Gasteiger partial charge in [-0.25, -0.2) is 4.39 Å². The van der Waals surface area contributed by atoms with Crippen LogP contribution in [0, 0.1) is 11.7 Å². The van der Waals surface area contributed by atoms with Crippen molar-refractivity contribution in [3.8, 4) is 0 Å². The van der Waals surface area contributed by atoms with Gasteiger partial charge in [-0.15, -0.1) is 0 Å². The Morgan fingerprint density at radius 2 is 1.54 bits per heavy atom. The molecule has 3 saturated heterocycles. The van der Waals surface area contributed by atoms with Crippen LogP contribution in [0.4, 0.5) is 10.1 Å². The van der Waals surface area contributed by atoms with E-state index in [0.29, 0.717) is 19.1 Å². The number of halogens is 2. The van der Waals surface area contributed by atoms with Crippen LogP contribution in [-0.2, 0) is 9.53 Å². The second-order valence-corrected chi connectivity index (χ2v) is 10.8. The molecule has 0 aliphatic carbocycles. The summed E-state index contributed by atoms with van der Waals surface area (Å²) in [7, 11) is 0. The van der Waals surface area contributed by atoms with Crippen LogP contribution in [0.25, 0.3) is 0 Å². The van der Waals surface area contributed by atoms with Crippen LogP contribution >= 0.6 is 11.6 Å². The maximum Gasteiger partial charge on any atom is 0.227 e. The molecule has 0 aromatic heterocycles. The highest BCUT2D eigenvalue weighted by Crippen LogP contribution is 2.38. The van der Waals surface area contributed by atoms with E-state index >= 15 is 0 Å². The van der Waals surface area contributed by atoms with Crippen molar-refractivity contribution < 1.29 is 13.9 Å². The molecule has 3 fully saturated rings. The molecule has 0 radical (unpaired) electrons. The van der Waals surface area contributed by atoms with Crippen LogP contribution in [0.1, 0.15) is 38.2 Å². The molecule has 1 amide bonds. The fourth-order valence-corrected chi connectivity index (χ4v) is 6.47. The van der Waals surface area contributed by atoms with Gasteiger partial charge >= 0.3 is 0 Å². The van der Waals surface area contributed by atoms with E-state index in [0.717, 1.165) is 49.9 Å². The number of carbonyl (C=O) groups is 1. The molecular formula is C28H35ClFN3O2. The average molecular weight is 500 g/mol. The summed E-state index contributed by atoms with van der Waals surface area (Å²) in [4.78, 5) is 20.9. The smallest absolute Gasteiger partial charge is 0.227 e. The molecule has 0 N–H and O–H groups in total. The summed E-state index contributed by atoms with van der Waals surface area (Å²) in [6.45, 7) is 8.92. The van der Waals surface area contributed by atoms with Crippen LogP contribution in [0.15, 0.2) is 48.5 Å². The number of ether oxygens (including phenoxy) is 1. The third kappa shape index (κ3) is 5.20. The number of hydrogen-bond acceptors (Lipinski definition) is 4. The highest BCUT2D eigenvalue weighted by Gasteiger charge is 2.44. The van der Waals surface area contributed by atoms with Gasteiger partial charge in [-0.2, -0.15) is 0 Å². The molecule has 3 heterocycles. The Morgan fingerprint density at radius 1 is 0.914 bits per heavy atom. The number of nitrogens with zero attached hydrogens (tertiary/aromatic N) is 3. The van der Waals surface area contributed by atoms with E-state index in [1.54, 1.807) is 0 Å². The highest BCUT2D eigenvalue weighted by molar-refractivity contribution is 6.30. The number of carbonyl (C=O) groups excluding carboxylic acids is 1. The predicted octanol–water partition coefficient (Wildman–Crippen LogP) is 4.80. The fraction of sp³-hybridized carbons (Fsp3) is 0.536. The summed E-state index contributed by atoms with van der Waals surface area (Å²) in [6.07, 6.45) is 2.05. The molecule has 188 valence electrons. The zero-order chi connectivity index (χ0) is 24.5. The first-order valence-electron chi connectivity index (χ1n) is 12.8. The lowest BCUT2D eigenvalue weighted by Crippen LogP contribution is -2.59. The Kier molecular flexibility index (Phi) is 7.33. The lowest BCUT2D eigenvalue weighted by atomic mass is 9.87. The van der Waals surface area contributed by atoms with Crippen LogP contribution in [0.3, 0.4) is 0 Å². The van der Waals surface area contributed by atoms with Crippen LogP contribution < -0.4 is 4.90 Å². The predicted molar refractivity (Wildman–Crippen MR) is 137 cm³/mol. The Labute approximate surface area is 212 Å². The first kappa shape index (κ1) is 24.5. The lowest BCUT2D eigenvalue weighted by molar-refractivity contribution is -0.137. The van der Waals surface area contributed by atoms with Crippen molar-refractivity contribution in [2.75, 3.05) is 44.3 Å². The molecule has 3 aliphatic heterocycles. The Morgan fingerprint density at radius 3 is 2.17 bits per heavy atom. The van der Waals surface area contributed by atoms with Gasteiger partial charge < -0.3 is 14.5 Å². The van der Waals surface area contributed by atoms with E-state index in [1.807, 2.05) is 24.3 Å². The van der Waals surface area contributed by atoms with Gasteiger partial charge in [-0.05, 0) is 68.7 Å². The monoisotopic (exact) mass is 499 g/mol. The Bertz CT molecular complexity index is 1000. The van der Waals surface area contributed by atoms with Crippen LogP contribution in [-0.4, -0.2) is 73.2 Å². The number of benzene rings is 2. The minimum Gasteiger partial charge on any atom is -0.381 e. The van der Waals surface area contributed by atoms with E-state index in [2.05, 4.69) is 40.7 Å². The number of anilines is 1. The summed E-state index contributed by atoms with van der Waals surface area (Å²) in [5.41, 5.74) is 2.19. The molecule has 7 heteroatoms.